The van der Waals surface area contributed by atoms with Crippen LogP contribution in [0.5, 0.6) is 5.75 Å². The molecule has 2 N–H and O–H groups in total. The van der Waals surface area contributed by atoms with Crippen LogP contribution in [0.3, 0.4) is 0 Å². The summed E-state index contributed by atoms with van der Waals surface area (Å²) in [6, 6.07) is 6.15. The first-order chi connectivity index (χ1) is 7.31. The van der Waals surface area contributed by atoms with E-state index in [1.165, 1.54) is 11.1 Å². The van der Waals surface area contributed by atoms with E-state index >= 15 is 0 Å². The molecule has 1 aliphatic carbocycles. The van der Waals surface area contributed by atoms with Gasteiger partial charge in [0.05, 0.1) is 13.3 Å². The minimum Gasteiger partial charge on any atom is -0.493 e. The Kier molecular flexibility index (Phi) is 3.21. The molecule has 0 unspecified atom stereocenters. The van der Waals surface area contributed by atoms with E-state index in [2.05, 4.69) is 0 Å². The number of ether oxygens (including phenoxy) is 1. The molecular weight excluding hydrogens is 193 g/mol. The molecule has 1 aromatic carbocycles. The molecule has 0 radical (unpaired) electrons. The Balaban J connectivity index is 2.03. The smallest absolute Gasteiger partial charge is 0.119 e. The molecule has 0 saturated carbocycles. The van der Waals surface area contributed by atoms with Crippen molar-refractivity contribution in [3.63, 3.8) is 0 Å². The zero-order valence-electron chi connectivity index (χ0n) is 8.71. The first-order valence-electron chi connectivity index (χ1n) is 5.38. The van der Waals surface area contributed by atoms with Gasteiger partial charge in [0.25, 0.3) is 0 Å². The molecule has 0 heterocycles. The van der Waals surface area contributed by atoms with E-state index in [1.807, 2.05) is 18.2 Å². The molecule has 1 aromatic rings. The summed E-state index contributed by atoms with van der Waals surface area (Å²) in [6.07, 6.45) is 2.50. The van der Waals surface area contributed by atoms with Crippen molar-refractivity contribution in [2.24, 2.45) is 5.73 Å². The Labute approximate surface area is 89.2 Å². The normalized spacial score (nSPS) is 18.9. The Morgan fingerprint density at radius 2 is 2.33 bits per heavy atom. The fraction of sp³-hybridized carbons (Fsp3) is 0.500. The average Bonchev–Trinajstić information content (AvgIpc) is 2.61. The van der Waals surface area contributed by atoms with Crippen LogP contribution in [0.4, 0.5) is 4.39 Å². The maximum atomic E-state index is 11.9. The lowest BCUT2D eigenvalue weighted by Gasteiger charge is -2.08. The molecule has 0 bridgehead atoms. The predicted octanol–water partition coefficient (Wildman–Crippen LogP) is 2.37. The summed E-state index contributed by atoms with van der Waals surface area (Å²) in [7, 11) is 0. The highest BCUT2D eigenvalue weighted by Crippen LogP contribution is 2.31. The Morgan fingerprint density at radius 1 is 1.47 bits per heavy atom. The van der Waals surface area contributed by atoms with Crippen molar-refractivity contribution >= 4 is 0 Å². The number of halogens is 1. The third kappa shape index (κ3) is 2.29. The molecule has 0 aromatic heterocycles. The monoisotopic (exact) mass is 209 g/mol. The first-order valence-corrected chi connectivity index (χ1v) is 5.38. The molecule has 15 heavy (non-hydrogen) atoms. The van der Waals surface area contributed by atoms with Crippen LogP contribution >= 0.6 is 0 Å². The fourth-order valence-corrected chi connectivity index (χ4v) is 1.96. The first kappa shape index (κ1) is 10.4. The molecule has 0 aliphatic heterocycles. The van der Waals surface area contributed by atoms with Crippen molar-refractivity contribution in [2.75, 3.05) is 13.3 Å². The summed E-state index contributed by atoms with van der Waals surface area (Å²) in [5.41, 5.74) is 8.44. The highest BCUT2D eigenvalue weighted by molar-refractivity contribution is 5.40. The van der Waals surface area contributed by atoms with Gasteiger partial charge in [-0.1, -0.05) is 6.07 Å². The van der Waals surface area contributed by atoms with Crippen molar-refractivity contribution in [3.8, 4) is 5.75 Å². The minimum atomic E-state index is -0.324. The number of nitrogens with two attached hydrogens (primary N) is 1. The lowest BCUT2D eigenvalue weighted by atomic mass is 10.1. The number of alkyl halides is 1. The molecular formula is C12H16FNO. The van der Waals surface area contributed by atoms with Crippen LogP contribution in [0, 0.1) is 0 Å². The maximum Gasteiger partial charge on any atom is 0.119 e. The lowest BCUT2D eigenvalue weighted by Crippen LogP contribution is -2.05. The van der Waals surface area contributed by atoms with Crippen LogP contribution in [0.1, 0.15) is 30.0 Å². The topological polar surface area (TPSA) is 35.2 Å². The van der Waals surface area contributed by atoms with Crippen molar-refractivity contribution < 1.29 is 9.13 Å². The number of fused-ring (bicyclic) bond motifs is 1. The number of aryl methyl sites for hydroxylation is 1. The molecule has 0 amide bonds. The number of hydrogen-bond donors (Lipinski definition) is 1. The van der Waals surface area contributed by atoms with E-state index in [4.69, 9.17) is 10.5 Å². The highest BCUT2D eigenvalue weighted by Gasteiger charge is 2.18. The van der Waals surface area contributed by atoms with E-state index in [0.29, 0.717) is 13.0 Å². The highest BCUT2D eigenvalue weighted by atomic mass is 19.1. The minimum absolute atomic E-state index is 0.180. The molecule has 0 spiro atoms. The molecule has 2 nitrogen and oxygen atoms in total. The number of rotatable bonds is 4. The van der Waals surface area contributed by atoms with E-state index in [0.717, 1.165) is 18.6 Å². The van der Waals surface area contributed by atoms with Crippen LogP contribution in [0.25, 0.3) is 0 Å². The van der Waals surface area contributed by atoms with Gasteiger partial charge in [-0.25, -0.2) is 0 Å². The van der Waals surface area contributed by atoms with Gasteiger partial charge in [-0.3, -0.25) is 4.39 Å². The van der Waals surface area contributed by atoms with Crippen LogP contribution < -0.4 is 10.5 Å². The largest absolute Gasteiger partial charge is 0.493 e. The fourth-order valence-electron chi connectivity index (χ4n) is 1.96. The second-order valence-electron chi connectivity index (χ2n) is 3.90. The molecule has 3 heteroatoms. The van der Waals surface area contributed by atoms with Crippen molar-refractivity contribution in [3.05, 3.63) is 29.3 Å². The number of benzene rings is 1. The van der Waals surface area contributed by atoms with Crippen LogP contribution in [0.15, 0.2) is 18.2 Å². The van der Waals surface area contributed by atoms with Gasteiger partial charge in [0.15, 0.2) is 0 Å². The van der Waals surface area contributed by atoms with Crippen molar-refractivity contribution in [2.45, 2.75) is 25.3 Å². The van der Waals surface area contributed by atoms with Crippen LogP contribution in [-0.4, -0.2) is 13.3 Å². The molecule has 0 saturated heterocycles. The van der Waals surface area contributed by atoms with Crippen molar-refractivity contribution in [1.29, 1.82) is 0 Å². The predicted molar refractivity (Wildman–Crippen MR) is 57.8 cm³/mol. The molecule has 2 rings (SSSR count). The van der Waals surface area contributed by atoms with Gasteiger partial charge in [0.1, 0.15) is 5.75 Å². The summed E-state index contributed by atoms with van der Waals surface area (Å²) in [6.45, 7) is 0.122. The quantitative estimate of drug-likeness (QED) is 0.773. The Bertz CT molecular complexity index is 340. The van der Waals surface area contributed by atoms with Gasteiger partial charge in [0, 0.05) is 12.5 Å². The Morgan fingerprint density at radius 3 is 3.13 bits per heavy atom. The van der Waals surface area contributed by atoms with Crippen LogP contribution in [-0.2, 0) is 6.42 Å². The summed E-state index contributed by atoms with van der Waals surface area (Å²) >= 11 is 0. The summed E-state index contributed by atoms with van der Waals surface area (Å²) in [5.74, 6) is 0.830. The van der Waals surface area contributed by atoms with Crippen molar-refractivity contribution in [1.82, 2.24) is 0 Å². The van der Waals surface area contributed by atoms with Gasteiger partial charge in [0.2, 0.25) is 0 Å². The molecule has 1 atom stereocenters. The van der Waals surface area contributed by atoms with Gasteiger partial charge < -0.3 is 10.5 Å². The second kappa shape index (κ2) is 4.62. The van der Waals surface area contributed by atoms with Gasteiger partial charge in [-0.2, -0.15) is 0 Å². The van der Waals surface area contributed by atoms with E-state index in [9.17, 15) is 4.39 Å². The summed E-state index contributed by atoms with van der Waals surface area (Å²) in [5, 5.41) is 0. The Hall–Kier alpha value is -1.09. The molecule has 1 aliphatic rings. The average molecular weight is 209 g/mol. The number of hydrogen-bond acceptors (Lipinski definition) is 2. The summed E-state index contributed by atoms with van der Waals surface area (Å²) in [4.78, 5) is 0. The lowest BCUT2D eigenvalue weighted by molar-refractivity contribution is 0.289. The molecule has 0 fully saturated rings. The van der Waals surface area contributed by atoms with Gasteiger partial charge >= 0.3 is 0 Å². The van der Waals surface area contributed by atoms with Gasteiger partial charge in [-0.05, 0) is 36.1 Å². The second-order valence-corrected chi connectivity index (χ2v) is 3.90. The van der Waals surface area contributed by atoms with E-state index in [-0.39, 0.29) is 12.7 Å². The zero-order chi connectivity index (χ0) is 10.7. The van der Waals surface area contributed by atoms with Crippen LogP contribution in [0.2, 0.25) is 0 Å². The zero-order valence-corrected chi connectivity index (χ0v) is 8.71. The van der Waals surface area contributed by atoms with E-state index in [1.54, 1.807) is 0 Å². The third-order valence-electron chi connectivity index (χ3n) is 2.79. The van der Waals surface area contributed by atoms with E-state index < -0.39 is 0 Å². The molecule has 82 valence electrons. The summed E-state index contributed by atoms with van der Waals surface area (Å²) < 4.78 is 17.3. The maximum absolute atomic E-state index is 11.9. The third-order valence-corrected chi connectivity index (χ3v) is 2.79. The standard InChI is InChI=1S/C12H16FNO/c13-6-1-7-15-10-3-4-11-9(8-10)2-5-12(11)14/h3-4,8,12H,1-2,5-7,14H2/t12-/m1/s1. The van der Waals surface area contributed by atoms with Gasteiger partial charge in [-0.15, -0.1) is 0 Å². The SMILES string of the molecule is N[C@@H]1CCc2cc(OCCCF)ccc21.